The van der Waals surface area contributed by atoms with Crippen molar-refractivity contribution in [2.75, 3.05) is 25.2 Å². The van der Waals surface area contributed by atoms with E-state index in [1.165, 1.54) is 22.2 Å². The lowest BCUT2D eigenvalue weighted by Crippen LogP contribution is -3.06. The Morgan fingerprint density at radius 1 is 1.13 bits per heavy atom. The van der Waals surface area contributed by atoms with E-state index in [2.05, 4.69) is 53.2 Å². The smallest absolute Gasteiger partial charge is 0.234 e. The molecule has 8 heteroatoms. The summed E-state index contributed by atoms with van der Waals surface area (Å²) in [6, 6.07) is 17.6. The molecule has 0 aliphatic rings. The van der Waals surface area contributed by atoms with Gasteiger partial charge in [0.15, 0.2) is 11.0 Å². The largest absolute Gasteiger partial charge is 0.331 e. The van der Waals surface area contributed by atoms with Crippen LogP contribution < -0.4 is 10.2 Å². The van der Waals surface area contributed by atoms with Crippen molar-refractivity contribution in [1.29, 1.82) is 0 Å². The van der Waals surface area contributed by atoms with Gasteiger partial charge in [0.1, 0.15) is 6.04 Å². The van der Waals surface area contributed by atoms with Gasteiger partial charge in [-0.1, -0.05) is 60.6 Å². The summed E-state index contributed by atoms with van der Waals surface area (Å²) >= 11 is 7.30. The highest BCUT2D eigenvalue weighted by Crippen LogP contribution is 2.23. The topological polar surface area (TPSA) is 64.2 Å². The fourth-order valence-corrected chi connectivity index (χ4v) is 4.16. The molecule has 1 aromatic heterocycles. The van der Waals surface area contributed by atoms with Crippen molar-refractivity contribution in [3.63, 3.8) is 0 Å². The quantitative estimate of drug-likeness (QED) is 0.497. The van der Waals surface area contributed by atoms with Crippen LogP contribution in [0, 0.1) is 0 Å². The normalized spacial score (nSPS) is 12.2. The number of thioether (sulfide) groups is 1. The Balaban J connectivity index is 1.76. The van der Waals surface area contributed by atoms with Crippen molar-refractivity contribution in [2.24, 2.45) is 0 Å². The van der Waals surface area contributed by atoms with Gasteiger partial charge in [0.25, 0.3) is 0 Å². The molecule has 1 amide bonds. The summed E-state index contributed by atoms with van der Waals surface area (Å²) in [7, 11) is 4.25. The van der Waals surface area contributed by atoms with Crippen molar-refractivity contribution in [3.05, 3.63) is 71.0 Å². The minimum Gasteiger partial charge on any atom is -0.331 e. The first-order valence-corrected chi connectivity index (χ1v) is 11.3. The van der Waals surface area contributed by atoms with Gasteiger partial charge in [-0.15, -0.1) is 10.2 Å². The second-order valence-electron chi connectivity index (χ2n) is 7.29. The summed E-state index contributed by atoms with van der Waals surface area (Å²) in [6.07, 6.45) is 0.955. The van der Waals surface area contributed by atoms with E-state index < -0.39 is 0 Å². The van der Waals surface area contributed by atoms with Gasteiger partial charge in [0, 0.05) is 17.1 Å². The lowest BCUT2D eigenvalue weighted by atomic mass is 10.2. The third-order valence-corrected chi connectivity index (χ3v) is 6.02. The van der Waals surface area contributed by atoms with Crippen LogP contribution in [0.15, 0.2) is 59.8 Å². The molecule has 2 N–H and O–H groups in total. The van der Waals surface area contributed by atoms with Crippen LogP contribution in [0.1, 0.15) is 30.8 Å². The Hall–Kier alpha value is -2.35. The number of nitrogens with zero attached hydrogens (tertiary/aromatic N) is 3. The Kier molecular flexibility index (Phi) is 7.90. The molecule has 158 valence electrons. The van der Waals surface area contributed by atoms with Crippen LogP contribution >= 0.6 is 23.4 Å². The van der Waals surface area contributed by atoms with E-state index in [0.29, 0.717) is 11.6 Å². The second kappa shape index (κ2) is 10.6. The second-order valence-corrected chi connectivity index (χ2v) is 8.67. The summed E-state index contributed by atoms with van der Waals surface area (Å²) in [5.41, 5.74) is 1.90. The predicted octanol–water partition coefficient (Wildman–Crippen LogP) is 3.31. The highest BCUT2D eigenvalue weighted by atomic mass is 35.5. The minimum absolute atomic E-state index is 0.0941. The number of quaternary nitrogens is 1. The molecule has 3 rings (SSSR count). The highest BCUT2D eigenvalue weighted by molar-refractivity contribution is 7.99. The number of nitrogens with one attached hydrogen (secondary N) is 2. The van der Waals surface area contributed by atoms with Crippen LogP contribution in [0.2, 0.25) is 5.02 Å². The number of anilines is 1. The Morgan fingerprint density at radius 2 is 1.83 bits per heavy atom. The van der Waals surface area contributed by atoms with Crippen LogP contribution in [0.3, 0.4) is 0 Å². The summed E-state index contributed by atoms with van der Waals surface area (Å²) in [5.74, 6) is 1.10. The average molecular weight is 445 g/mol. The molecular weight excluding hydrogens is 418 g/mol. The number of halogens is 1. The monoisotopic (exact) mass is 444 g/mol. The molecule has 30 heavy (non-hydrogen) atoms. The van der Waals surface area contributed by atoms with Gasteiger partial charge in [-0.05, 0) is 29.8 Å². The number of aromatic nitrogens is 3. The zero-order valence-corrected chi connectivity index (χ0v) is 19.0. The molecule has 3 aromatic rings. The molecule has 0 aliphatic carbocycles. The number of amides is 1. The fourth-order valence-electron chi connectivity index (χ4n) is 3.29. The number of hydrogen-bond acceptors (Lipinski definition) is 4. The maximum atomic E-state index is 12.4. The van der Waals surface area contributed by atoms with Crippen molar-refractivity contribution in [2.45, 2.75) is 31.1 Å². The van der Waals surface area contributed by atoms with Gasteiger partial charge in [0.05, 0.1) is 26.4 Å². The van der Waals surface area contributed by atoms with Crippen LogP contribution in [-0.4, -0.2) is 40.5 Å². The zero-order valence-electron chi connectivity index (χ0n) is 17.4. The lowest BCUT2D eigenvalue weighted by molar-refractivity contribution is -0.893. The van der Waals surface area contributed by atoms with Crippen molar-refractivity contribution >= 4 is 35.0 Å². The van der Waals surface area contributed by atoms with Crippen LogP contribution in [0.4, 0.5) is 5.69 Å². The molecule has 0 radical (unpaired) electrons. The number of rotatable bonds is 9. The van der Waals surface area contributed by atoms with E-state index in [9.17, 15) is 4.79 Å². The van der Waals surface area contributed by atoms with Crippen molar-refractivity contribution < 1.29 is 9.69 Å². The van der Waals surface area contributed by atoms with Crippen molar-refractivity contribution in [3.8, 4) is 0 Å². The molecule has 0 unspecified atom stereocenters. The van der Waals surface area contributed by atoms with E-state index in [4.69, 9.17) is 11.6 Å². The Labute approximate surface area is 186 Å². The summed E-state index contributed by atoms with van der Waals surface area (Å²) in [4.78, 5) is 13.7. The number of hydrogen-bond donors (Lipinski definition) is 2. The van der Waals surface area contributed by atoms with E-state index in [1.807, 2.05) is 18.2 Å². The number of carbonyl (C=O) groups excluding carboxylic acids is 1. The van der Waals surface area contributed by atoms with Gasteiger partial charge in [0.2, 0.25) is 5.91 Å². The van der Waals surface area contributed by atoms with E-state index in [1.54, 1.807) is 24.3 Å². The molecule has 0 aliphatic heterocycles. The minimum atomic E-state index is -0.0941. The van der Waals surface area contributed by atoms with Gasteiger partial charge < -0.3 is 10.2 Å². The van der Waals surface area contributed by atoms with Gasteiger partial charge in [-0.3, -0.25) is 9.36 Å². The third-order valence-electron chi connectivity index (χ3n) is 4.81. The Bertz CT molecular complexity index is 959. The molecule has 6 nitrogen and oxygen atoms in total. The predicted molar refractivity (Wildman–Crippen MR) is 122 cm³/mol. The molecular formula is C22H27ClN5OS+. The third kappa shape index (κ3) is 5.84. The zero-order chi connectivity index (χ0) is 21.5. The first kappa shape index (κ1) is 22.3. The van der Waals surface area contributed by atoms with Crippen molar-refractivity contribution in [1.82, 2.24) is 14.8 Å². The average Bonchev–Trinajstić information content (AvgIpc) is 3.11. The standard InChI is InChI=1S/C22H26ClN5OS/c1-4-19(27(2)3)21-25-26-22(28(21)14-16-8-6-5-7-9-16)30-15-20(29)24-18-12-10-17(23)11-13-18/h5-13,19H,4,14-15H2,1-3H3,(H,24,29)/p+1/t19-/m1/s1. The molecule has 0 bridgehead atoms. The van der Waals surface area contributed by atoms with Gasteiger partial charge in [-0.25, -0.2) is 0 Å². The molecule has 1 atom stereocenters. The highest BCUT2D eigenvalue weighted by Gasteiger charge is 2.25. The Morgan fingerprint density at radius 3 is 2.47 bits per heavy atom. The van der Waals surface area contributed by atoms with Crippen LogP contribution in [0.25, 0.3) is 0 Å². The van der Waals surface area contributed by atoms with Crippen LogP contribution in [-0.2, 0) is 11.3 Å². The van der Waals surface area contributed by atoms with E-state index in [-0.39, 0.29) is 17.7 Å². The first-order chi connectivity index (χ1) is 14.5. The molecule has 0 saturated carbocycles. The summed E-state index contributed by atoms with van der Waals surface area (Å²) in [5, 5.41) is 13.2. The van der Waals surface area contributed by atoms with Gasteiger partial charge >= 0.3 is 0 Å². The van der Waals surface area contributed by atoms with Gasteiger partial charge in [-0.2, -0.15) is 0 Å². The van der Waals surface area contributed by atoms with E-state index >= 15 is 0 Å². The maximum absolute atomic E-state index is 12.4. The SMILES string of the molecule is CC[C@H](c1nnc(SCC(=O)Nc2ccc(Cl)cc2)n1Cc1ccccc1)[NH+](C)C. The first-order valence-electron chi connectivity index (χ1n) is 9.93. The molecule has 0 fully saturated rings. The maximum Gasteiger partial charge on any atom is 0.234 e. The number of carbonyl (C=O) groups is 1. The van der Waals surface area contributed by atoms with Crippen LogP contribution in [0.5, 0.6) is 0 Å². The lowest BCUT2D eigenvalue weighted by Gasteiger charge is -2.20. The summed E-state index contributed by atoms with van der Waals surface area (Å²) in [6.45, 7) is 2.83. The summed E-state index contributed by atoms with van der Waals surface area (Å²) < 4.78 is 2.14. The number of benzene rings is 2. The molecule has 2 aromatic carbocycles. The molecule has 1 heterocycles. The van der Waals surface area contributed by atoms with E-state index in [0.717, 1.165) is 23.1 Å². The fraction of sp³-hybridized carbons (Fsp3) is 0.318. The molecule has 0 saturated heterocycles. The molecule has 0 spiro atoms.